The average Bonchev–Trinajstić information content (AvgIpc) is 3.22. The number of cyclic esters (lactones) is 1. The van der Waals surface area contributed by atoms with Crippen LogP contribution in [-0.4, -0.2) is 45.7 Å². The Labute approximate surface area is 213 Å². The van der Waals surface area contributed by atoms with Crippen LogP contribution in [0.1, 0.15) is 38.3 Å². The summed E-state index contributed by atoms with van der Waals surface area (Å²) in [6.07, 6.45) is 2.05. The molecule has 0 aliphatic carbocycles. The highest BCUT2D eigenvalue weighted by Crippen LogP contribution is 2.35. The monoisotopic (exact) mass is 499 g/mol. The summed E-state index contributed by atoms with van der Waals surface area (Å²) < 4.78 is 21.7. The number of carbonyl (C=O) groups is 2. The van der Waals surface area contributed by atoms with E-state index in [4.69, 9.17) is 23.8 Å². The molecule has 0 radical (unpaired) electrons. The molecule has 3 rings (SSSR count). The van der Waals surface area contributed by atoms with Gasteiger partial charge in [-0.2, -0.15) is 0 Å². The molecule has 1 fully saturated rings. The van der Waals surface area contributed by atoms with Gasteiger partial charge in [-0.3, -0.25) is 9.59 Å². The van der Waals surface area contributed by atoms with Gasteiger partial charge in [0.25, 0.3) is 0 Å². The molecule has 1 unspecified atom stereocenters. The lowest BCUT2D eigenvalue weighted by Crippen LogP contribution is -2.42. The number of ketones is 1. The number of hydrogen-bond donors (Lipinski definition) is 1. The van der Waals surface area contributed by atoms with Crippen LogP contribution >= 0.6 is 0 Å². The van der Waals surface area contributed by atoms with Crippen LogP contribution in [0.5, 0.6) is 23.0 Å². The second-order valence-corrected chi connectivity index (χ2v) is 9.27. The van der Waals surface area contributed by atoms with Crippen LogP contribution in [-0.2, 0) is 27.2 Å². The number of ether oxygens (including phenoxy) is 4. The van der Waals surface area contributed by atoms with E-state index in [1.54, 1.807) is 34.3 Å². The maximum Gasteiger partial charge on any atom is 0.309 e. The molecule has 0 spiro atoms. The Balaban J connectivity index is 1.71. The Morgan fingerprint density at radius 2 is 1.56 bits per heavy atom. The lowest BCUT2D eigenvalue weighted by atomic mass is 9.85. The molecule has 2 aromatic rings. The van der Waals surface area contributed by atoms with Gasteiger partial charge in [0.05, 0.1) is 33.9 Å². The molecule has 36 heavy (non-hydrogen) atoms. The first kappa shape index (κ1) is 27.3. The zero-order chi connectivity index (χ0) is 26.2. The molecule has 0 amide bonds. The lowest BCUT2D eigenvalue weighted by molar-refractivity contribution is -0.141. The number of methoxy groups -OCH3 is 3. The standard InChI is InChI=1S/C28H37NO7/c1-7-17(2)27(18(3)30)29-36-24-11-9-20(15-26(24)34-6)13-22-21(16-35-28(22)31)12-19-8-10-23(32-4)25(14-19)33-5/h8-11,14-15,17,21-22,27,29H,7,12-13,16H2,1-6H3/t17?,21-,22+,27-/m0/s1. The van der Waals surface area contributed by atoms with Gasteiger partial charge in [-0.25, -0.2) is 0 Å². The van der Waals surface area contributed by atoms with E-state index in [-0.39, 0.29) is 29.5 Å². The first-order chi connectivity index (χ1) is 17.3. The fraction of sp³-hybridized carbons (Fsp3) is 0.500. The van der Waals surface area contributed by atoms with Crippen molar-refractivity contribution < 1.29 is 33.4 Å². The molecule has 1 heterocycles. The first-order valence-electron chi connectivity index (χ1n) is 12.3. The van der Waals surface area contributed by atoms with Gasteiger partial charge >= 0.3 is 5.97 Å². The summed E-state index contributed by atoms with van der Waals surface area (Å²) in [5.74, 6) is 2.03. The van der Waals surface area contributed by atoms with Crippen LogP contribution in [0, 0.1) is 17.8 Å². The smallest absolute Gasteiger partial charge is 0.309 e. The largest absolute Gasteiger partial charge is 0.493 e. The Morgan fingerprint density at radius 1 is 0.972 bits per heavy atom. The summed E-state index contributed by atoms with van der Waals surface area (Å²) >= 11 is 0. The zero-order valence-electron chi connectivity index (χ0n) is 22.0. The molecule has 8 heteroatoms. The molecule has 4 atom stereocenters. The minimum absolute atomic E-state index is 0.0141. The van der Waals surface area contributed by atoms with Gasteiger partial charge < -0.3 is 23.8 Å². The molecule has 1 aliphatic heterocycles. The summed E-state index contributed by atoms with van der Waals surface area (Å²) in [4.78, 5) is 30.3. The molecule has 0 aromatic heterocycles. The van der Waals surface area contributed by atoms with Crippen molar-refractivity contribution in [3.05, 3.63) is 47.5 Å². The second kappa shape index (κ2) is 12.6. The minimum Gasteiger partial charge on any atom is -0.493 e. The van der Waals surface area contributed by atoms with Crippen LogP contribution in [0.2, 0.25) is 0 Å². The van der Waals surface area contributed by atoms with Crippen LogP contribution < -0.4 is 24.5 Å². The highest BCUT2D eigenvalue weighted by atomic mass is 16.7. The molecule has 1 aliphatic rings. The van der Waals surface area contributed by atoms with Crippen LogP contribution in [0.3, 0.4) is 0 Å². The normalized spacial score (nSPS) is 18.8. The van der Waals surface area contributed by atoms with Gasteiger partial charge in [0, 0.05) is 5.92 Å². The highest BCUT2D eigenvalue weighted by Gasteiger charge is 2.37. The van der Waals surface area contributed by atoms with Gasteiger partial charge in [0.1, 0.15) is 11.8 Å². The van der Waals surface area contributed by atoms with Crippen LogP contribution in [0.4, 0.5) is 0 Å². The molecular weight excluding hydrogens is 462 g/mol. The minimum atomic E-state index is -0.412. The van der Waals surface area contributed by atoms with E-state index >= 15 is 0 Å². The number of esters is 1. The number of Topliss-reactive ketones (excluding diaryl/α,β-unsaturated/α-hetero) is 1. The van der Waals surface area contributed by atoms with Crippen molar-refractivity contribution in [3.8, 4) is 23.0 Å². The predicted octanol–water partition coefficient (Wildman–Crippen LogP) is 4.17. The third-order valence-corrected chi connectivity index (χ3v) is 6.89. The van der Waals surface area contributed by atoms with Crippen molar-refractivity contribution in [1.29, 1.82) is 0 Å². The van der Waals surface area contributed by atoms with E-state index in [1.807, 2.05) is 44.2 Å². The fourth-order valence-corrected chi connectivity index (χ4v) is 4.51. The maximum absolute atomic E-state index is 12.6. The van der Waals surface area contributed by atoms with Gasteiger partial charge in [-0.05, 0) is 61.1 Å². The molecule has 8 nitrogen and oxygen atoms in total. The van der Waals surface area contributed by atoms with Gasteiger partial charge in [0.2, 0.25) is 0 Å². The quantitative estimate of drug-likeness (QED) is 0.324. The molecule has 1 N–H and O–H groups in total. The second-order valence-electron chi connectivity index (χ2n) is 9.27. The van der Waals surface area contributed by atoms with E-state index in [9.17, 15) is 9.59 Å². The number of rotatable bonds is 13. The molecule has 196 valence electrons. The van der Waals surface area contributed by atoms with Crippen molar-refractivity contribution in [1.82, 2.24) is 5.48 Å². The van der Waals surface area contributed by atoms with Gasteiger partial charge in [0.15, 0.2) is 23.0 Å². The van der Waals surface area contributed by atoms with Crippen molar-refractivity contribution in [3.63, 3.8) is 0 Å². The summed E-state index contributed by atoms with van der Waals surface area (Å²) in [5.41, 5.74) is 4.88. The van der Waals surface area contributed by atoms with Gasteiger partial charge in [-0.1, -0.05) is 32.4 Å². The third-order valence-electron chi connectivity index (χ3n) is 6.89. The number of benzene rings is 2. The Kier molecular flexibility index (Phi) is 9.58. The molecule has 0 saturated carbocycles. The summed E-state index contributed by atoms with van der Waals surface area (Å²) in [7, 11) is 4.77. The molecule has 1 saturated heterocycles. The van der Waals surface area contributed by atoms with Gasteiger partial charge in [-0.15, -0.1) is 5.48 Å². The number of hydrogen-bond acceptors (Lipinski definition) is 8. The maximum atomic E-state index is 12.6. The van der Waals surface area contributed by atoms with Crippen molar-refractivity contribution in [2.24, 2.45) is 17.8 Å². The molecular formula is C28H37NO7. The zero-order valence-corrected chi connectivity index (χ0v) is 22.0. The van der Waals surface area contributed by atoms with E-state index < -0.39 is 6.04 Å². The van der Waals surface area contributed by atoms with E-state index in [1.165, 1.54) is 0 Å². The SMILES string of the molecule is CCC(C)[C@H](NOc1ccc(C[C@H]2C(=O)OC[C@@H]2Cc2ccc(OC)c(OC)c2)cc1OC)C(C)=O. The summed E-state index contributed by atoms with van der Waals surface area (Å²) in [6.45, 7) is 5.96. The lowest BCUT2D eigenvalue weighted by Gasteiger charge is -2.22. The summed E-state index contributed by atoms with van der Waals surface area (Å²) in [5, 5.41) is 0. The van der Waals surface area contributed by atoms with E-state index in [0.717, 1.165) is 17.5 Å². The molecule has 2 aromatic carbocycles. The summed E-state index contributed by atoms with van der Waals surface area (Å²) in [6, 6.07) is 10.9. The Morgan fingerprint density at radius 3 is 2.14 bits per heavy atom. The Hall–Kier alpha value is -3.26. The first-order valence-corrected chi connectivity index (χ1v) is 12.3. The number of carbonyl (C=O) groups excluding carboxylic acids is 2. The van der Waals surface area contributed by atoms with E-state index in [0.29, 0.717) is 42.4 Å². The van der Waals surface area contributed by atoms with Crippen molar-refractivity contribution in [2.75, 3.05) is 27.9 Å². The van der Waals surface area contributed by atoms with E-state index in [2.05, 4.69) is 5.48 Å². The predicted molar refractivity (Wildman–Crippen MR) is 136 cm³/mol. The average molecular weight is 500 g/mol. The topological polar surface area (TPSA) is 92.3 Å². The van der Waals surface area contributed by atoms with Crippen molar-refractivity contribution >= 4 is 11.8 Å². The molecule has 0 bridgehead atoms. The van der Waals surface area contributed by atoms with Crippen LogP contribution in [0.15, 0.2) is 36.4 Å². The highest BCUT2D eigenvalue weighted by molar-refractivity contribution is 5.81. The Bertz CT molecular complexity index is 1050. The van der Waals surface area contributed by atoms with Crippen molar-refractivity contribution in [2.45, 2.75) is 46.1 Å². The fourth-order valence-electron chi connectivity index (χ4n) is 4.51. The number of nitrogens with one attached hydrogen (secondary N) is 1. The number of hydroxylamine groups is 1. The third kappa shape index (κ3) is 6.49. The van der Waals surface area contributed by atoms with Crippen LogP contribution in [0.25, 0.3) is 0 Å².